The summed E-state index contributed by atoms with van der Waals surface area (Å²) in [5, 5.41) is 6.98. The van der Waals surface area contributed by atoms with E-state index in [1.54, 1.807) is 0 Å². The van der Waals surface area contributed by atoms with Crippen LogP contribution in [0.15, 0.2) is 30.5 Å². The first kappa shape index (κ1) is 17.3. The van der Waals surface area contributed by atoms with Crippen molar-refractivity contribution in [3.05, 3.63) is 41.7 Å². The number of nitrogens with one attached hydrogen (secondary N) is 1. The molecule has 1 aliphatic rings. The molecule has 0 aliphatic heterocycles. The fraction of sp³-hybridized carbons (Fsp3) is 0.412. The number of nitrogens with zero attached hydrogens (tertiary/aromatic N) is 2. The topological polar surface area (TPSA) is 56.2 Å². The number of halogens is 3. The number of benzene rings is 1. The van der Waals surface area contributed by atoms with Gasteiger partial charge in [-0.1, -0.05) is 6.07 Å². The number of carbonyl (C=O) groups is 1. The molecule has 3 rings (SSSR count). The highest BCUT2D eigenvalue weighted by Crippen LogP contribution is 2.33. The van der Waals surface area contributed by atoms with Gasteiger partial charge in [0.15, 0.2) is 11.4 Å². The van der Waals surface area contributed by atoms with E-state index in [4.69, 9.17) is 4.74 Å². The Bertz CT molecular complexity index is 782. The number of aromatic nitrogens is 2. The standard InChI is InChI=1S/C17H18F3N3O2/c1-10(11-6-7-11)21-16(24)15-14(25-2)9-23(22-15)13-5-3-4-12(8-13)17(18,19)20/h3-5,8-11H,6-7H2,1-2H3,(H,21,24). The number of ether oxygens (including phenoxy) is 1. The Hall–Kier alpha value is -2.51. The lowest BCUT2D eigenvalue weighted by Gasteiger charge is -2.11. The van der Waals surface area contributed by atoms with E-state index in [0.717, 1.165) is 25.0 Å². The molecule has 1 aliphatic carbocycles. The number of hydrogen-bond acceptors (Lipinski definition) is 3. The number of amides is 1. The molecule has 1 aromatic heterocycles. The molecule has 1 aromatic carbocycles. The van der Waals surface area contributed by atoms with Crippen LogP contribution >= 0.6 is 0 Å². The average Bonchev–Trinajstić information content (AvgIpc) is 3.33. The number of rotatable bonds is 5. The third kappa shape index (κ3) is 3.78. The van der Waals surface area contributed by atoms with Crippen molar-refractivity contribution in [1.82, 2.24) is 15.1 Å². The quantitative estimate of drug-likeness (QED) is 0.896. The lowest BCUT2D eigenvalue weighted by atomic mass is 10.2. The van der Waals surface area contributed by atoms with E-state index in [1.165, 1.54) is 30.1 Å². The first-order chi connectivity index (χ1) is 11.8. The fourth-order valence-corrected chi connectivity index (χ4v) is 2.61. The third-order valence-electron chi connectivity index (χ3n) is 4.24. The summed E-state index contributed by atoms with van der Waals surface area (Å²) in [6, 6.07) is 4.75. The molecule has 1 atom stereocenters. The van der Waals surface area contributed by atoms with Crippen molar-refractivity contribution < 1.29 is 22.7 Å². The highest BCUT2D eigenvalue weighted by atomic mass is 19.4. The summed E-state index contributed by atoms with van der Waals surface area (Å²) >= 11 is 0. The zero-order valence-electron chi connectivity index (χ0n) is 13.8. The first-order valence-electron chi connectivity index (χ1n) is 7.91. The van der Waals surface area contributed by atoms with Gasteiger partial charge in [0, 0.05) is 6.04 Å². The van der Waals surface area contributed by atoms with Gasteiger partial charge in [0.2, 0.25) is 0 Å². The van der Waals surface area contributed by atoms with Crippen molar-refractivity contribution >= 4 is 5.91 Å². The van der Waals surface area contributed by atoms with Gasteiger partial charge < -0.3 is 10.1 Å². The second-order valence-corrected chi connectivity index (χ2v) is 6.14. The van der Waals surface area contributed by atoms with E-state index in [-0.39, 0.29) is 23.2 Å². The largest absolute Gasteiger partial charge is 0.493 e. The zero-order chi connectivity index (χ0) is 18.2. The minimum atomic E-state index is -4.45. The number of methoxy groups -OCH3 is 1. The van der Waals surface area contributed by atoms with Crippen LogP contribution in [0.4, 0.5) is 13.2 Å². The highest BCUT2D eigenvalue weighted by Gasteiger charge is 2.32. The molecule has 0 spiro atoms. The van der Waals surface area contributed by atoms with Crippen LogP contribution in [0.5, 0.6) is 5.75 Å². The van der Waals surface area contributed by atoms with Gasteiger partial charge in [0.1, 0.15) is 0 Å². The minimum absolute atomic E-state index is 0.0240. The van der Waals surface area contributed by atoms with E-state index < -0.39 is 17.6 Å². The van der Waals surface area contributed by atoms with Crippen molar-refractivity contribution in [3.63, 3.8) is 0 Å². The molecule has 5 nitrogen and oxygen atoms in total. The Balaban J connectivity index is 1.88. The van der Waals surface area contributed by atoms with Gasteiger partial charge in [-0.25, -0.2) is 4.68 Å². The van der Waals surface area contributed by atoms with Crippen LogP contribution in [0, 0.1) is 5.92 Å². The van der Waals surface area contributed by atoms with Gasteiger partial charge in [-0.2, -0.15) is 18.3 Å². The maximum absolute atomic E-state index is 12.9. The SMILES string of the molecule is COc1cn(-c2cccc(C(F)(F)F)c2)nc1C(=O)NC(C)C1CC1. The molecule has 134 valence electrons. The molecule has 0 saturated heterocycles. The lowest BCUT2D eigenvalue weighted by molar-refractivity contribution is -0.137. The Morgan fingerprint density at radius 1 is 1.40 bits per heavy atom. The molecule has 1 N–H and O–H groups in total. The van der Waals surface area contributed by atoms with Crippen molar-refractivity contribution in [3.8, 4) is 11.4 Å². The molecule has 0 bridgehead atoms. The second-order valence-electron chi connectivity index (χ2n) is 6.14. The predicted molar refractivity (Wildman–Crippen MR) is 84.8 cm³/mol. The summed E-state index contributed by atoms with van der Waals surface area (Å²) in [7, 11) is 1.38. The van der Waals surface area contributed by atoms with Gasteiger partial charge >= 0.3 is 6.18 Å². The zero-order valence-corrected chi connectivity index (χ0v) is 13.8. The molecule has 25 heavy (non-hydrogen) atoms. The normalized spacial score (nSPS) is 15.7. The summed E-state index contributed by atoms with van der Waals surface area (Å²) in [4.78, 5) is 12.4. The van der Waals surface area contributed by atoms with Crippen LogP contribution in [0.25, 0.3) is 5.69 Å². The van der Waals surface area contributed by atoms with Crippen molar-refractivity contribution in [1.29, 1.82) is 0 Å². The van der Waals surface area contributed by atoms with Gasteiger partial charge in [0.25, 0.3) is 5.91 Å². The first-order valence-corrected chi connectivity index (χ1v) is 7.91. The number of hydrogen-bond donors (Lipinski definition) is 1. The summed E-state index contributed by atoms with van der Waals surface area (Å²) in [6.45, 7) is 1.92. The summed E-state index contributed by atoms with van der Waals surface area (Å²) in [5.41, 5.74) is -0.539. The Morgan fingerprint density at radius 2 is 2.12 bits per heavy atom. The van der Waals surface area contributed by atoms with Crippen LogP contribution in [0.1, 0.15) is 35.8 Å². The maximum Gasteiger partial charge on any atom is 0.416 e. The molecule has 1 amide bonds. The van der Waals surface area contributed by atoms with Crippen molar-refractivity contribution in [2.24, 2.45) is 5.92 Å². The molecule has 0 radical (unpaired) electrons. The fourth-order valence-electron chi connectivity index (χ4n) is 2.61. The van der Waals surface area contributed by atoms with Crippen LogP contribution < -0.4 is 10.1 Å². The van der Waals surface area contributed by atoms with E-state index in [2.05, 4.69) is 10.4 Å². The summed E-state index contributed by atoms with van der Waals surface area (Å²) in [5.74, 6) is 0.278. The number of alkyl halides is 3. The van der Waals surface area contributed by atoms with E-state index >= 15 is 0 Å². The van der Waals surface area contributed by atoms with Crippen LogP contribution in [0.2, 0.25) is 0 Å². The molecule has 8 heteroatoms. The summed E-state index contributed by atoms with van der Waals surface area (Å²) in [6.07, 6.45) is -0.895. The van der Waals surface area contributed by atoms with Gasteiger partial charge in [-0.05, 0) is 43.9 Å². The molecule has 1 fully saturated rings. The summed E-state index contributed by atoms with van der Waals surface area (Å²) < 4.78 is 45.0. The molecule has 1 saturated carbocycles. The van der Waals surface area contributed by atoms with Crippen LogP contribution in [-0.2, 0) is 6.18 Å². The van der Waals surface area contributed by atoms with E-state index in [0.29, 0.717) is 5.92 Å². The van der Waals surface area contributed by atoms with Gasteiger partial charge in [0.05, 0.1) is 24.6 Å². The minimum Gasteiger partial charge on any atom is -0.493 e. The second kappa shape index (κ2) is 6.42. The van der Waals surface area contributed by atoms with Crippen molar-refractivity contribution in [2.75, 3.05) is 7.11 Å². The monoisotopic (exact) mass is 353 g/mol. The third-order valence-corrected chi connectivity index (χ3v) is 4.24. The molecule has 1 heterocycles. The smallest absolute Gasteiger partial charge is 0.416 e. The van der Waals surface area contributed by atoms with E-state index in [1.807, 2.05) is 6.92 Å². The Labute approximate surface area is 142 Å². The number of carbonyl (C=O) groups excluding carboxylic acids is 1. The molecular weight excluding hydrogens is 335 g/mol. The van der Waals surface area contributed by atoms with Gasteiger partial charge in [-0.15, -0.1) is 0 Å². The van der Waals surface area contributed by atoms with E-state index in [9.17, 15) is 18.0 Å². The predicted octanol–water partition coefficient (Wildman–Crippen LogP) is 3.43. The lowest BCUT2D eigenvalue weighted by Crippen LogP contribution is -2.34. The highest BCUT2D eigenvalue weighted by molar-refractivity contribution is 5.95. The van der Waals surface area contributed by atoms with Crippen LogP contribution in [0.3, 0.4) is 0 Å². The molecular formula is C17H18F3N3O2. The van der Waals surface area contributed by atoms with Crippen molar-refractivity contribution in [2.45, 2.75) is 32.0 Å². The Morgan fingerprint density at radius 3 is 2.72 bits per heavy atom. The molecule has 2 aromatic rings. The average molecular weight is 353 g/mol. The Kier molecular flexibility index (Phi) is 4.45. The van der Waals surface area contributed by atoms with Crippen LogP contribution in [-0.4, -0.2) is 28.8 Å². The maximum atomic E-state index is 12.9. The molecule has 1 unspecified atom stereocenters. The van der Waals surface area contributed by atoms with Gasteiger partial charge in [-0.3, -0.25) is 4.79 Å².